The van der Waals surface area contributed by atoms with Gasteiger partial charge in [0.25, 0.3) is 0 Å². The minimum Gasteiger partial charge on any atom is -0.382 e. The molecule has 1 unspecified atom stereocenters. The standard InChI is InChI=1S/C12H13FN2O/c13-10-4-9(7-14)5-11(6-10)15-8-12-2-1-3-16-12/h4-6,12,15H,1-3,8H2. The number of hydrogen-bond acceptors (Lipinski definition) is 3. The molecule has 1 N–H and O–H groups in total. The van der Waals surface area contributed by atoms with Crippen LogP contribution in [0.5, 0.6) is 0 Å². The fourth-order valence-electron chi connectivity index (χ4n) is 1.79. The Kier molecular flexibility index (Phi) is 3.37. The number of nitrogens with zero attached hydrogens (tertiary/aromatic N) is 1. The Morgan fingerprint density at radius 1 is 1.50 bits per heavy atom. The second-order valence-electron chi connectivity index (χ2n) is 3.86. The van der Waals surface area contributed by atoms with E-state index < -0.39 is 5.82 Å². The molecule has 1 fully saturated rings. The molecular formula is C12H13FN2O. The number of hydrogen-bond donors (Lipinski definition) is 1. The van der Waals surface area contributed by atoms with Gasteiger partial charge in [0.15, 0.2) is 0 Å². The molecule has 1 saturated heterocycles. The Bertz CT molecular complexity index is 408. The first kappa shape index (κ1) is 10.9. The molecule has 0 spiro atoms. The molecule has 1 aromatic carbocycles. The molecule has 84 valence electrons. The van der Waals surface area contributed by atoms with Gasteiger partial charge in [-0.1, -0.05) is 0 Å². The average molecular weight is 220 g/mol. The summed E-state index contributed by atoms with van der Waals surface area (Å²) in [6.07, 6.45) is 2.32. The van der Waals surface area contributed by atoms with Crippen LogP contribution in [0.1, 0.15) is 18.4 Å². The van der Waals surface area contributed by atoms with Gasteiger partial charge in [0, 0.05) is 18.8 Å². The van der Waals surface area contributed by atoms with Gasteiger partial charge in [-0.15, -0.1) is 0 Å². The van der Waals surface area contributed by atoms with Crippen LogP contribution in [0, 0.1) is 17.1 Å². The lowest BCUT2D eigenvalue weighted by atomic mass is 10.2. The fourth-order valence-corrected chi connectivity index (χ4v) is 1.79. The number of rotatable bonds is 3. The highest BCUT2D eigenvalue weighted by Gasteiger charge is 2.14. The SMILES string of the molecule is N#Cc1cc(F)cc(NCC2CCCO2)c1. The van der Waals surface area contributed by atoms with E-state index in [1.165, 1.54) is 12.1 Å². The molecule has 4 heteroatoms. The smallest absolute Gasteiger partial charge is 0.126 e. The lowest BCUT2D eigenvalue weighted by Gasteiger charge is -2.12. The Balaban J connectivity index is 1.98. The van der Waals surface area contributed by atoms with Crippen LogP contribution in [0.4, 0.5) is 10.1 Å². The van der Waals surface area contributed by atoms with Crippen molar-refractivity contribution >= 4 is 5.69 Å². The third kappa shape index (κ3) is 2.71. The van der Waals surface area contributed by atoms with Crippen molar-refractivity contribution < 1.29 is 9.13 Å². The molecule has 1 heterocycles. The van der Waals surface area contributed by atoms with Gasteiger partial charge in [-0.3, -0.25) is 0 Å². The maximum Gasteiger partial charge on any atom is 0.126 e. The molecule has 0 saturated carbocycles. The van der Waals surface area contributed by atoms with Crippen molar-refractivity contribution in [2.45, 2.75) is 18.9 Å². The van der Waals surface area contributed by atoms with Crippen LogP contribution in [-0.4, -0.2) is 19.3 Å². The van der Waals surface area contributed by atoms with E-state index in [1.807, 2.05) is 6.07 Å². The van der Waals surface area contributed by atoms with E-state index in [0.29, 0.717) is 17.8 Å². The summed E-state index contributed by atoms with van der Waals surface area (Å²) in [5, 5.41) is 11.8. The highest BCUT2D eigenvalue weighted by atomic mass is 19.1. The van der Waals surface area contributed by atoms with Gasteiger partial charge in [0.1, 0.15) is 5.82 Å². The largest absolute Gasteiger partial charge is 0.382 e. The van der Waals surface area contributed by atoms with E-state index in [2.05, 4.69) is 5.32 Å². The topological polar surface area (TPSA) is 45.0 Å². The van der Waals surface area contributed by atoms with E-state index in [-0.39, 0.29) is 6.10 Å². The number of halogens is 1. The predicted octanol–water partition coefficient (Wildman–Crippen LogP) is 2.29. The minimum atomic E-state index is -0.395. The van der Waals surface area contributed by atoms with E-state index in [9.17, 15) is 4.39 Å². The van der Waals surface area contributed by atoms with Crippen LogP contribution in [0.2, 0.25) is 0 Å². The fraction of sp³-hybridized carbons (Fsp3) is 0.417. The lowest BCUT2D eigenvalue weighted by Crippen LogP contribution is -2.18. The number of anilines is 1. The van der Waals surface area contributed by atoms with Crippen LogP contribution in [0.25, 0.3) is 0 Å². The molecule has 0 radical (unpaired) electrons. The van der Waals surface area contributed by atoms with Gasteiger partial charge in [-0.25, -0.2) is 4.39 Å². The third-order valence-corrected chi connectivity index (χ3v) is 2.58. The summed E-state index contributed by atoms with van der Waals surface area (Å²) < 4.78 is 18.5. The quantitative estimate of drug-likeness (QED) is 0.850. The Morgan fingerprint density at radius 3 is 3.06 bits per heavy atom. The van der Waals surface area contributed by atoms with Crippen LogP contribution < -0.4 is 5.32 Å². The molecule has 1 aliphatic heterocycles. The highest BCUT2D eigenvalue weighted by molar-refractivity contribution is 5.49. The van der Waals surface area contributed by atoms with E-state index >= 15 is 0 Å². The van der Waals surface area contributed by atoms with Gasteiger partial charge in [-0.05, 0) is 31.0 Å². The first-order valence-corrected chi connectivity index (χ1v) is 5.34. The van der Waals surface area contributed by atoms with Crippen LogP contribution in [-0.2, 0) is 4.74 Å². The number of ether oxygens (including phenoxy) is 1. The first-order chi connectivity index (χ1) is 7.78. The normalized spacial score (nSPS) is 19.4. The Morgan fingerprint density at radius 2 is 2.38 bits per heavy atom. The predicted molar refractivity (Wildman–Crippen MR) is 58.6 cm³/mol. The van der Waals surface area contributed by atoms with E-state index in [4.69, 9.17) is 10.00 Å². The monoisotopic (exact) mass is 220 g/mol. The first-order valence-electron chi connectivity index (χ1n) is 5.34. The maximum atomic E-state index is 13.1. The van der Waals surface area contributed by atoms with Crippen LogP contribution in [0.3, 0.4) is 0 Å². The van der Waals surface area contributed by atoms with Gasteiger partial charge in [-0.2, -0.15) is 5.26 Å². The maximum absolute atomic E-state index is 13.1. The zero-order valence-corrected chi connectivity index (χ0v) is 8.87. The molecule has 16 heavy (non-hydrogen) atoms. The molecule has 1 atom stereocenters. The second-order valence-corrected chi connectivity index (χ2v) is 3.86. The average Bonchev–Trinajstić information content (AvgIpc) is 2.78. The molecule has 0 amide bonds. The zero-order chi connectivity index (χ0) is 11.4. The number of nitriles is 1. The van der Waals surface area contributed by atoms with Crippen molar-refractivity contribution in [3.63, 3.8) is 0 Å². The Hall–Kier alpha value is -1.60. The van der Waals surface area contributed by atoms with Crippen molar-refractivity contribution in [3.05, 3.63) is 29.6 Å². The Labute approximate surface area is 93.8 Å². The van der Waals surface area contributed by atoms with E-state index in [0.717, 1.165) is 19.4 Å². The van der Waals surface area contributed by atoms with Gasteiger partial charge < -0.3 is 10.1 Å². The van der Waals surface area contributed by atoms with Crippen molar-refractivity contribution in [2.75, 3.05) is 18.5 Å². The second kappa shape index (κ2) is 4.95. The summed E-state index contributed by atoms with van der Waals surface area (Å²) in [7, 11) is 0. The zero-order valence-electron chi connectivity index (χ0n) is 8.87. The molecular weight excluding hydrogens is 207 g/mol. The summed E-state index contributed by atoms with van der Waals surface area (Å²) in [5.74, 6) is -0.395. The molecule has 1 aliphatic rings. The molecule has 0 aliphatic carbocycles. The van der Waals surface area contributed by atoms with Gasteiger partial charge in [0.2, 0.25) is 0 Å². The van der Waals surface area contributed by atoms with Crippen LogP contribution >= 0.6 is 0 Å². The molecule has 0 bridgehead atoms. The molecule has 1 aromatic rings. The van der Waals surface area contributed by atoms with Crippen molar-refractivity contribution in [1.29, 1.82) is 5.26 Å². The van der Waals surface area contributed by atoms with Crippen LogP contribution in [0.15, 0.2) is 18.2 Å². The highest BCUT2D eigenvalue weighted by Crippen LogP contribution is 2.16. The molecule has 2 rings (SSSR count). The summed E-state index contributed by atoms with van der Waals surface area (Å²) in [4.78, 5) is 0. The lowest BCUT2D eigenvalue weighted by molar-refractivity contribution is 0.120. The molecule has 3 nitrogen and oxygen atoms in total. The summed E-state index contributed by atoms with van der Waals surface area (Å²) in [6.45, 7) is 1.47. The third-order valence-electron chi connectivity index (χ3n) is 2.58. The number of benzene rings is 1. The molecule has 0 aromatic heterocycles. The van der Waals surface area contributed by atoms with Gasteiger partial charge >= 0.3 is 0 Å². The summed E-state index contributed by atoms with van der Waals surface area (Å²) in [6, 6.07) is 6.17. The number of nitrogens with one attached hydrogen (secondary N) is 1. The van der Waals surface area contributed by atoms with Crippen molar-refractivity contribution in [2.24, 2.45) is 0 Å². The van der Waals surface area contributed by atoms with E-state index in [1.54, 1.807) is 6.07 Å². The summed E-state index contributed by atoms with van der Waals surface area (Å²) in [5.41, 5.74) is 0.960. The van der Waals surface area contributed by atoms with Crippen molar-refractivity contribution in [1.82, 2.24) is 0 Å². The summed E-state index contributed by atoms with van der Waals surface area (Å²) >= 11 is 0. The minimum absolute atomic E-state index is 0.203. The van der Waals surface area contributed by atoms with Crippen molar-refractivity contribution in [3.8, 4) is 6.07 Å². The van der Waals surface area contributed by atoms with Gasteiger partial charge in [0.05, 0.1) is 17.7 Å².